The van der Waals surface area contributed by atoms with Crippen LogP contribution in [0.15, 0.2) is 48.5 Å². The van der Waals surface area contributed by atoms with E-state index in [1.807, 2.05) is 55.5 Å². The molecule has 0 radical (unpaired) electrons. The molecule has 0 aliphatic heterocycles. The Morgan fingerprint density at radius 3 is 2.03 bits per heavy atom. The Morgan fingerprint density at radius 2 is 1.53 bits per heavy atom. The van der Waals surface area contributed by atoms with Crippen LogP contribution < -0.4 is 5.32 Å². The first kappa shape index (κ1) is 21.7. The monoisotopic (exact) mass is 410 g/mol. The Hall–Kier alpha value is -3.02. The van der Waals surface area contributed by atoms with Crippen LogP contribution in [0.25, 0.3) is 21.8 Å². The fourth-order valence-electron chi connectivity index (χ4n) is 3.96. The first-order valence-electron chi connectivity index (χ1n) is 10.4. The topological polar surface area (TPSA) is 68.2 Å². The lowest BCUT2D eigenvalue weighted by Crippen LogP contribution is -2.44. The number of aromatic nitrogens is 1. The number of fused-ring (bicyclic) bond motifs is 3. The molecule has 3 rings (SSSR count). The minimum atomic E-state index is -1.11. The summed E-state index contributed by atoms with van der Waals surface area (Å²) in [5.41, 5.74) is 1.61. The standard InChI is InChI=1S/C24H27FN2O3/c1-3-9-16(24(30)26-19(4-2)22(28)15-25)14-23(29)27-20-12-7-5-10-17(20)18-11-6-8-13-21(18)27/h5-8,10-13,16,19H,3-4,9,14-15H2,1-2H3,(H,26,30)/t16-,19?/m1/s1. The summed E-state index contributed by atoms with van der Waals surface area (Å²) in [5.74, 6) is -1.77. The highest BCUT2D eigenvalue weighted by molar-refractivity contribution is 6.13. The molecule has 0 saturated heterocycles. The molecule has 1 aromatic heterocycles. The number of carbonyl (C=O) groups is 3. The van der Waals surface area contributed by atoms with Gasteiger partial charge in [0.2, 0.25) is 11.8 Å². The Morgan fingerprint density at radius 1 is 0.967 bits per heavy atom. The molecule has 0 aliphatic carbocycles. The van der Waals surface area contributed by atoms with E-state index in [1.165, 1.54) is 0 Å². The van der Waals surface area contributed by atoms with Crippen LogP contribution >= 0.6 is 0 Å². The number of benzene rings is 2. The number of nitrogens with zero attached hydrogens (tertiary/aromatic N) is 1. The SMILES string of the molecule is CCC[C@H](CC(=O)n1c2ccccc2c2ccccc21)C(=O)NC(CC)C(=O)CF. The smallest absolute Gasteiger partial charge is 0.232 e. The third kappa shape index (κ3) is 4.27. The Balaban J connectivity index is 1.90. The van der Waals surface area contributed by atoms with Crippen LogP contribution in [0.5, 0.6) is 0 Å². The first-order valence-corrected chi connectivity index (χ1v) is 10.4. The van der Waals surface area contributed by atoms with E-state index in [9.17, 15) is 18.8 Å². The largest absolute Gasteiger partial charge is 0.346 e. The maximum atomic E-state index is 13.3. The lowest BCUT2D eigenvalue weighted by molar-refractivity contribution is -0.130. The van der Waals surface area contributed by atoms with Gasteiger partial charge in [-0.3, -0.25) is 19.0 Å². The van der Waals surface area contributed by atoms with Crippen LogP contribution in [0, 0.1) is 5.92 Å². The number of amides is 1. The summed E-state index contributed by atoms with van der Waals surface area (Å²) >= 11 is 0. The van der Waals surface area contributed by atoms with Gasteiger partial charge in [0.1, 0.15) is 6.67 Å². The van der Waals surface area contributed by atoms with E-state index in [0.717, 1.165) is 21.8 Å². The molecule has 1 N–H and O–H groups in total. The van der Waals surface area contributed by atoms with Crippen molar-refractivity contribution in [3.8, 4) is 0 Å². The van der Waals surface area contributed by atoms with E-state index in [1.54, 1.807) is 11.5 Å². The van der Waals surface area contributed by atoms with Gasteiger partial charge in [-0.1, -0.05) is 56.7 Å². The number of halogens is 1. The van der Waals surface area contributed by atoms with Crippen molar-refractivity contribution in [2.24, 2.45) is 5.92 Å². The first-order chi connectivity index (χ1) is 14.5. The zero-order chi connectivity index (χ0) is 21.7. The van der Waals surface area contributed by atoms with Gasteiger partial charge in [0.25, 0.3) is 0 Å². The van der Waals surface area contributed by atoms with Crippen LogP contribution in [0.1, 0.15) is 44.3 Å². The second-order valence-corrected chi connectivity index (χ2v) is 7.52. The van der Waals surface area contributed by atoms with Crippen molar-refractivity contribution < 1.29 is 18.8 Å². The lowest BCUT2D eigenvalue weighted by Gasteiger charge is -2.20. The van der Waals surface area contributed by atoms with Gasteiger partial charge in [-0.05, 0) is 25.0 Å². The Kier molecular flexibility index (Phi) is 6.98. The van der Waals surface area contributed by atoms with Gasteiger partial charge >= 0.3 is 0 Å². The van der Waals surface area contributed by atoms with Crippen LogP contribution in [-0.2, 0) is 9.59 Å². The lowest BCUT2D eigenvalue weighted by atomic mass is 9.97. The molecule has 5 nitrogen and oxygen atoms in total. The Bertz CT molecular complexity index is 1020. The zero-order valence-electron chi connectivity index (χ0n) is 17.4. The van der Waals surface area contributed by atoms with Crippen molar-refractivity contribution in [2.45, 2.75) is 45.6 Å². The minimum Gasteiger partial charge on any atom is -0.346 e. The second kappa shape index (κ2) is 9.65. The molecule has 0 saturated carbocycles. The number of rotatable bonds is 9. The van der Waals surface area contributed by atoms with E-state index in [-0.39, 0.29) is 18.2 Å². The van der Waals surface area contributed by atoms with Crippen molar-refractivity contribution in [2.75, 3.05) is 6.67 Å². The van der Waals surface area contributed by atoms with Gasteiger partial charge < -0.3 is 5.32 Å². The number of alkyl halides is 1. The van der Waals surface area contributed by atoms with Crippen molar-refractivity contribution in [1.82, 2.24) is 9.88 Å². The molecule has 0 fully saturated rings. The normalized spacial score (nSPS) is 13.3. The predicted octanol–water partition coefficient (Wildman–Crippen LogP) is 4.67. The highest BCUT2D eigenvalue weighted by Gasteiger charge is 2.27. The van der Waals surface area contributed by atoms with Crippen LogP contribution in [0.4, 0.5) is 4.39 Å². The number of carbonyl (C=O) groups excluding carboxylic acids is 3. The maximum Gasteiger partial charge on any atom is 0.232 e. The van der Waals surface area contributed by atoms with Crippen LogP contribution in [0.3, 0.4) is 0 Å². The zero-order valence-corrected chi connectivity index (χ0v) is 17.4. The number of hydrogen-bond donors (Lipinski definition) is 1. The molecule has 0 bridgehead atoms. The molecule has 1 unspecified atom stereocenters. The van der Waals surface area contributed by atoms with Gasteiger partial charge in [-0.25, -0.2) is 4.39 Å². The summed E-state index contributed by atoms with van der Waals surface area (Å²) in [5, 5.41) is 4.60. The average Bonchev–Trinajstić information content (AvgIpc) is 3.11. The number of Topliss-reactive ketones (excluding diaryl/α,β-unsaturated/α-hetero) is 1. The average molecular weight is 410 g/mol. The molecule has 2 aromatic carbocycles. The van der Waals surface area contributed by atoms with Crippen LogP contribution in [-0.4, -0.2) is 34.9 Å². The fourth-order valence-corrected chi connectivity index (χ4v) is 3.96. The van der Waals surface area contributed by atoms with Crippen molar-refractivity contribution in [3.05, 3.63) is 48.5 Å². The van der Waals surface area contributed by atoms with E-state index in [0.29, 0.717) is 19.3 Å². The van der Waals surface area contributed by atoms with E-state index >= 15 is 0 Å². The molecule has 1 heterocycles. The number of para-hydroxylation sites is 2. The summed E-state index contributed by atoms with van der Waals surface area (Å²) in [6.07, 6.45) is 1.55. The van der Waals surface area contributed by atoms with Gasteiger partial charge in [0.05, 0.1) is 17.1 Å². The van der Waals surface area contributed by atoms with E-state index in [4.69, 9.17) is 0 Å². The van der Waals surface area contributed by atoms with Gasteiger partial charge in [0.15, 0.2) is 5.78 Å². The molecule has 6 heteroatoms. The predicted molar refractivity (Wildman–Crippen MR) is 116 cm³/mol. The summed E-state index contributed by atoms with van der Waals surface area (Å²) in [6, 6.07) is 14.5. The summed E-state index contributed by atoms with van der Waals surface area (Å²) in [7, 11) is 0. The van der Waals surface area contributed by atoms with Gasteiger partial charge in [-0.15, -0.1) is 0 Å². The molecule has 0 aliphatic rings. The number of nitrogens with one attached hydrogen (secondary N) is 1. The molecular formula is C24H27FN2O3. The number of ketones is 1. The summed E-state index contributed by atoms with van der Waals surface area (Å²) in [4.78, 5) is 37.8. The van der Waals surface area contributed by atoms with E-state index in [2.05, 4.69) is 5.32 Å². The summed E-state index contributed by atoms with van der Waals surface area (Å²) < 4.78 is 14.4. The van der Waals surface area contributed by atoms with Crippen LogP contribution in [0.2, 0.25) is 0 Å². The molecule has 0 spiro atoms. The van der Waals surface area contributed by atoms with Crippen molar-refractivity contribution in [3.63, 3.8) is 0 Å². The molecule has 1 amide bonds. The molecule has 2 atom stereocenters. The third-order valence-electron chi connectivity index (χ3n) is 5.50. The molecule has 158 valence electrons. The van der Waals surface area contributed by atoms with Gasteiger partial charge in [0, 0.05) is 23.1 Å². The highest BCUT2D eigenvalue weighted by Crippen LogP contribution is 2.29. The quantitative estimate of drug-likeness (QED) is 0.557. The Labute approximate surface area is 175 Å². The minimum absolute atomic E-state index is 0.0165. The van der Waals surface area contributed by atoms with E-state index < -0.39 is 24.4 Å². The molecule has 3 aromatic rings. The highest BCUT2D eigenvalue weighted by atomic mass is 19.1. The van der Waals surface area contributed by atoms with Gasteiger partial charge in [-0.2, -0.15) is 0 Å². The molecular weight excluding hydrogens is 383 g/mol. The maximum absolute atomic E-state index is 13.3. The molecule has 30 heavy (non-hydrogen) atoms. The van der Waals surface area contributed by atoms with Crippen molar-refractivity contribution in [1.29, 1.82) is 0 Å². The third-order valence-corrected chi connectivity index (χ3v) is 5.50. The summed E-state index contributed by atoms with van der Waals surface area (Å²) in [6.45, 7) is 2.54. The van der Waals surface area contributed by atoms with Crippen molar-refractivity contribution >= 4 is 39.4 Å². The number of hydrogen-bond acceptors (Lipinski definition) is 3. The second-order valence-electron chi connectivity index (χ2n) is 7.52. The fraction of sp³-hybridized carbons (Fsp3) is 0.375.